The number of carbonyl (C=O) groups excluding carboxylic acids is 2. The van der Waals surface area contributed by atoms with Crippen LogP contribution in [0.5, 0.6) is 11.5 Å². The van der Waals surface area contributed by atoms with E-state index in [0.717, 1.165) is 0 Å². The number of benzene rings is 2. The number of amides is 1. The Hall–Kier alpha value is -2.82. The van der Waals surface area contributed by atoms with Gasteiger partial charge in [0.2, 0.25) is 5.91 Å². The molecule has 23 heavy (non-hydrogen) atoms. The van der Waals surface area contributed by atoms with Crippen LogP contribution in [0.15, 0.2) is 48.5 Å². The fourth-order valence-corrected chi connectivity index (χ4v) is 2.32. The lowest BCUT2D eigenvalue weighted by Gasteiger charge is -2.26. The molecule has 2 rings (SSSR count). The Kier molecular flexibility index (Phi) is 5.36. The number of nitrogens with zero attached hydrogens (tertiary/aromatic N) is 1. The molecule has 0 saturated carbocycles. The van der Waals surface area contributed by atoms with E-state index < -0.39 is 0 Å². The topological polar surface area (TPSA) is 55.8 Å². The van der Waals surface area contributed by atoms with E-state index in [1.165, 1.54) is 26.0 Å². The third kappa shape index (κ3) is 3.69. The number of rotatable bonds is 6. The Morgan fingerprint density at radius 2 is 1.30 bits per heavy atom. The van der Waals surface area contributed by atoms with E-state index in [1.807, 2.05) is 12.1 Å². The van der Waals surface area contributed by atoms with Crippen LogP contribution in [0.3, 0.4) is 0 Å². The van der Waals surface area contributed by atoms with Gasteiger partial charge in [0.1, 0.15) is 17.3 Å². The summed E-state index contributed by atoms with van der Waals surface area (Å²) in [6.07, 6.45) is -0.198. The number of ketones is 1. The molecule has 0 spiro atoms. The second-order valence-corrected chi connectivity index (χ2v) is 4.95. The first-order valence-electron chi connectivity index (χ1n) is 7.17. The molecule has 5 heteroatoms. The van der Waals surface area contributed by atoms with Gasteiger partial charge in [-0.2, -0.15) is 0 Å². The molecule has 0 aromatic heterocycles. The minimum Gasteiger partial charge on any atom is -0.495 e. The van der Waals surface area contributed by atoms with Crippen molar-refractivity contribution < 1.29 is 19.1 Å². The van der Waals surface area contributed by atoms with E-state index in [1.54, 1.807) is 36.4 Å². The fourth-order valence-electron chi connectivity index (χ4n) is 2.32. The molecule has 0 heterocycles. The molecule has 0 N–H and O–H groups in total. The average Bonchev–Trinajstić information content (AvgIpc) is 2.55. The molecule has 2 aromatic rings. The standard InChI is InChI=1S/C18H19NO4/c1-13(20)12-18(21)19(14-8-4-6-10-16(14)22-2)15-9-5-7-11-17(15)23-3/h4-11H,12H2,1-3H3. The molecule has 0 saturated heterocycles. The Balaban J connectivity index is 2.60. The lowest BCUT2D eigenvalue weighted by Crippen LogP contribution is -2.28. The van der Waals surface area contributed by atoms with E-state index in [9.17, 15) is 9.59 Å². The summed E-state index contributed by atoms with van der Waals surface area (Å²) in [6, 6.07) is 14.3. The summed E-state index contributed by atoms with van der Waals surface area (Å²) in [5.74, 6) is 0.530. The molecular formula is C18H19NO4. The van der Waals surface area contributed by atoms with Crippen molar-refractivity contribution in [1.82, 2.24) is 0 Å². The van der Waals surface area contributed by atoms with Crippen LogP contribution in [0.1, 0.15) is 13.3 Å². The summed E-state index contributed by atoms with van der Waals surface area (Å²) in [6.45, 7) is 1.39. The van der Waals surface area contributed by atoms with Gasteiger partial charge in [0.25, 0.3) is 0 Å². The van der Waals surface area contributed by atoms with E-state index in [2.05, 4.69) is 0 Å². The maximum Gasteiger partial charge on any atom is 0.239 e. The maximum atomic E-state index is 12.7. The van der Waals surface area contributed by atoms with Crippen molar-refractivity contribution in [2.24, 2.45) is 0 Å². The molecule has 0 aliphatic rings. The SMILES string of the molecule is COc1ccccc1N(C(=O)CC(C)=O)c1ccccc1OC. The number of methoxy groups -OCH3 is 2. The first kappa shape index (κ1) is 16.5. The Labute approximate surface area is 135 Å². The second kappa shape index (κ2) is 7.45. The molecule has 1 amide bonds. The normalized spacial score (nSPS) is 10.0. The molecule has 0 bridgehead atoms. The van der Waals surface area contributed by atoms with Gasteiger partial charge in [-0.05, 0) is 31.2 Å². The van der Waals surface area contributed by atoms with Gasteiger partial charge in [0, 0.05) is 0 Å². The molecule has 0 aliphatic carbocycles. The van der Waals surface area contributed by atoms with Crippen molar-refractivity contribution in [3.8, 4) is 11.5 Å². The number of Topliss-reactive ketones (excluding diaryl/α,β-unsaturated/α-hetero) is 1. The van der Waals surface area contributed by atoms with Gasteiger partial charge in [-0.25, -0.2) is 0 Å². The zero-order chi connectivity index (χ0) is 16.8. The van der Waals surface area contributed by atoms with Crippen LogP contribution in [0.4, 0.5) is 11.4 Å². The molecule has 0 aliphatic heterocycles. The van der Waals surface area contributed by atoms with Crippen molar-refractivity contribution in [3.05, 3.63) is 48.5 Å². The number of carbonyl (C=O) groups is 2. The summed E-state index contributed by atoms with van der Waals surface area (Å²) >= 11 is 0. The number of hydrogen-bond donors (Lipinski definition) is 0. The Bertz CT molecular complexity index is 664. The summed E-state index contributed by atoms with van der Waals surface area (Å²) < 4.78 is 10.7. The fraction of sp³-hybridized carbons (Fsp3) is 0.222. The van der Waals surface area contributed by atoms with Crippen molar-refractivity contribution in [2.75, 3.05) is 19.1 Å². The van der Waals surface area contributed by atoms with Gasteiger partial charge in [-0.1, -0.05) is 24.3 Å². The lowest BCUT2D eigenvalue weighted by molar-refractivity contribution is -0.125. The van der Waals surface area contributed by atoms with Crippen LogP contribution in [0.2, 0.25) is 0 Å². The van der Waals surface area contributed by atoms with Crippen LogP contribution in [-0.2, 0) is 9.59 Å². The largest absolute Gasteiger partial charge is 0.495 e. The maximum absolute atomic E-state index is 12.7. The first-order valence-corrected chi connectivity index (χ1v) is 7.17. The molecule has 2 aromatic carbocycles. The van der Waals surface area contributed by atoms with Crippen LogP contribution in [-0.4, -0.2) is 25.9 Å². The van der Waals surface area contributed by atoms with Gasteiger partial charge in [-0.15, -0.1) is 0 Å². The first-order chi connectivity index (χ1) is 11.1. The Morgan fingerprint density at radius 1 is 0.870 bits per heavy atom. The predicted molar refractivity (Wildman–Crippen MR) is 88.4 cm³/mol. The van der Waals surface area contributed by atoms with E-state index >= 15 is 0 Å². The lowest BCUT2D eigenvalue weighted by atomic mass is 10.1. The van der Waals surface area contributed by atoms with Crippen molar-refractivity contribution in [2.45, 2.75) is 13.3 Å². The smallest absolute Gasteiger partial charge is 0.239 e. The predicted octanol–water partition coefficient (Wildman–Crippen LogP) is 3.35. The van der Waals surface area contributed by atoms with Crippen LogP contribution in [0.25, 0.3) is 0 Å². The highest BCUT2D eigenvalue weighted by Crippen LogP contribution is 2.38. The van der Waals surface area contributed by atoms with Crippen LogP contribution < -0.4 is 14.4 Å². The van der Waals surface area contributed by atoms with Gasteiger partial charge in [-0.3, -0.25) is 14.5 Å². The summed E-state index contributed by atoms with van der Waals surface area (Å²) in [5, 5.41) is 0. The highest BCUT2D eigenvalue weighted by molar-refractivity contribution is 6.10. The Morgan fingerprint density at radius 3 is 1.70 bits per heavy atom. The molecule has 0 atom stereocenters. The molecule has 0 unspecified atom stereocenters. The second-order valence-electron chi connectivity index (χ2n) is 4.95. The van der Waals surface area contributed by atoms with Crippen molar-refractivity contribution in [1.29, 1.82) is 0 Å². The zero-order valence-corrected chi connectivity index (χ0v) is 13.4. The monoisotopic (exact) mass is 313 g/mol. The van der Waals surface area contributed by atoms with Crippen LogP contribution >= 0.6 is 0 Å². The van der Waals surface area contributed by atoms with Crippen LogP contribution in [0, 0.1) is 0 Å². The van der Waals surface area contributed by atoms with Crippen molar-refractivity contribution in [3.63, 3.8) is 0 Å². The van der Waals surface area contributed by atoms with Gasteiger partial charge in [0.15, 0.2) is 0 Å². The van der Waals surface area contributed by atoms with E-state index in [0.29, 0.717) is 22.9 Å². The van der Waals surface area contributed by atoms with Gasteiger partial charge < -0.3 is 9.47 Å². The molecule has 0 radical (unpaired) electrons. The summed E-state index contributed by atoms with van der Waals surface area (Å²) in [5.41, 5.74) is 1.12. The van der Waals surface area contributed by atoms with Gasteiger partial charge >= 0.3 is 0 Å². The molecule has 120 valence electrons. The quantitative estimate of drug-likeness (QED) is 0.767. The third-order valence-electron chi connectivity index (χ3n) is 3.30. The number of para-hydroxylation sites is 4. The van der Waals surface area contributed by atoms with Crippen molar-refractivity contribution >= 4 is 23.1 Å². The number of ether oxygens (including phenoxy) is 2. The minimum atomic E-state index is -0.341. The van der Waals surface area contributed by atoms with E-state index in [4.69, 9.17) is 9.47 Å². The highest BCUT2D eigenvalue weighted by atomic mass is 16.5. The summed E-state index contributed by atoms with van der Waals surface area (Å²) in [4.78, 5) is 25.6. The highest BCUT2D eigenvalue weighted by Gasteiger charge is 2.24. The molecule has 0 fully saturated rings. The van der Waals surface area contributed by atoms with E-state index in [-0.39, 0.29) is 18.1 Å². The summed E-state index contributed by atoms with van der Waals surface area (Å²) in [7, 11) is 3.07. The zero-order valence-electron chi connectivity index (χ0n) is 13.4. The van der Waals surface area contributed by atoms with Gasteiger partial charge in [0.05, 0.1) is 32.0 Å². The molecule has 5 nitrogen and oxygen atoms in total. The number of hydrogen-bond acceptors (Lipinski definition) is 4. The number of anilines is 2. The average molecular weight is 313 g/mol. The third-order valence-corrected chi connectivity index (χ3v) is 3.30. The molecular weight excluding hydrogens is 294 g/mol. The minimum absolute atomic E-state index is 0.198.